The summed E-state index contributed by atoms with van der Waals surface area (Å²) in [4.78, 5) is 25.6. The number of hydrogen-bond donors (Lipinski definition) is 2. The first kappa shape index (κ1) is 15.8. The maximum absolute atomic E-state index is 14.2. The molecule has 3 aromatic rings. The van der Waals surface area contributed by atoms with Crippen LogP contribution in [0.25, 0.3) is 10.9 Å². The van der Waals surface area contributed by atoms with Crippen molar-refractivity contribution in [2.75, 3.05) is 0 Å². The second-order valence-electron chi connectivity index (χ2n) is 5.26. The summed E-state index contributed by atoms with van der Waals surface area (Å²) in [5.41, 5.74) is -0.717. The average molecular weight is 333 g/mol. The van der Waals surface area contributed by atoms with Crippen LogP contribution in [0.1, 0.15) is 21.5 Å². The highest BCUT2D eigenvalue weighted by Gasteiger charge is 2.15. The molecular weight excluding hydrogens is 323 g/mol. The van der Waals surface area contributed by atoms with Crippen molar-refractivity contribution in [2.45, 2.75) is 6.42 Å². The Morgan fingerprint density at radius 1 is 1.00 bits per heavy atom. The Labute approximate surface area is 133 Å². The van der Waals surface area contributed by atoms with Gasteiger partial charge in [0.05, 0.1) is 5.52 Å². The molecule has 0 fully saturated rings. The van der Waals surface area contributed by atoms with E-state index >= 15 is 0 Å². The molecule has 3 rings (SSSR count). The summed E-state index contributed by atoms with van der Waals surface area (Å²) in [6, 6.07) is 5.77. The first-order chi connectivity index (χ1) is 11.4. The first-order valence-electron chi connectivity index (χ1n) is 6.88. The molecule has 0 saturated carbocycles. The summed E-state index contributed by atoms with van der Waals surface area (Å²) in [7, 11) is 0. The molecular formula is C17H10F3NO3. The van der Waals surface area contributed by atoms with E-state index in [9.17, 15) is 22.8 Å². The lowest BCUT2D eigenvalue weighted by molar-refractivity contribution is 0.0695. The Bertz CT molecular complexity index is 1030. The summed E-state index contributed by atoms with van der Waals surface area (Å²) >= 11 is 0. The molecule has 0 bridgehead atoms. The molecule has 0 spiro atoms. The number of carboxylic acid groups (broad SMARTS) is 1. The van der Waals surface area contributed by atoms with Gasteiger partial charge in [0.25, 0.3) is 0 Å². The van der Waals surface area contributed by atoms with E-state index in [4.69, 9.17) is 5.11 Å². The SMILES string of the molecule is O=C(O)c1c[nH]c2c(F)cc(Cc3ccc(F)c(F)c3)cc2c1=O. The van der Waals surface area contributed by atoms with E-state index < -0.39 is 34.4 Å². The van der Waals surface area contributed by atoms with Crippen LogP contribution in [-0.4, -0.2) is 16.1 Å². The number of rotatable bonds is 3. The number of pyridine rings is 1. The van der Waals surface area contributed by atoms with Gasteiger partial charge < -0.3 is 10.1 Å². The normalized spacial score (nSPS) is 11.0. The quantitative estimate of drug-likeness (QED) is 0.773. The van der Waals surface area contributed by atoms with Crippen molar-refractivity contribution in [2.24, 2.45) is 0 Å². The van der Waals surface area contributed by atoms with Crippen LogP contribution in [0.4, 0.5) is 13.2 Å². The molecule has 4 nitrogen and oxygen atoms in total. The zero-order chi connectivity index (χ0) is 17.4. The van der Waals surface area contributed by atoms with Crippen molar-refractivity contribution < 1.29 is 23.1 Å². The molecule has 7 heteroatoms. The Balaban J connectivity index is 2.12. The van der Waals surface area contributed by atoms with Crippen LogP contribution >= 0.6 is 0 Å². The molecule has 122 valence electrons. The summed E-state index contributed by atoms with van der Waals surface area (Å²) in [5, 5.41) is 8.85. The maximum Gasteiger partial charge on any atom is 0.341 e. The predicted molar refractivity (Wildman–Crippen MR) is 80.7 cm³/mol. The molecule has 0 atom stereocenters. The number of hydrogen-bond acceptors (Lipinski definition) is 2. The molecule has 1 heterocycles. The number of halogens is 3. The molecule has 0 radical (unpaired) electrons. The van der Waals surface area contributed by atoms with Crippen LogP contribution in [0.3, 0.4) is 0 Å². The highest BCUT2D eigenvalue weighted by Crippen LogP contribution is 2.19. The van der Waals surface area contributed by atoms with Crippen LogP contribution in [0.15, 0.2) is 41.3 Å². The Hall–Kier alpha value is -3.09. The van der Waals surface area contributed by atoms with E-state index in [0.29, 0.717) is 11.1 Å². The highest BCUT2D eigenvalue weighted by molar-refractivity contribution is 5.92. The molecule has 2 aromatic carbocycles. The van der Waals surface area contributed by atoms with Gasteiger partial charge in [-0.25, -0.2) is 18.0 Å². The van der Waals surface area contributed by atoms with Gasteiger partial charge in [-0.1, -0.05) is 6.07 Å². The second kappa shape index (κ2) is 5.84. The molecule has 0 aliphatic heterocycles. The predicted octanol–water partition coefficient (Wildman–Crippen LogP) is 3.23. The number of carbonyl (C=O) groups is 1. The summed E-state index contributed by atoms with van der Waals surface area (Å²) in [5.74, 6) is -4.19. The molecule has 0 saturated heterocycles. The zero-order valence-electron chi connectivity index (χ0n) is 12.1. The lowest BCUT2D eigenvalue weighted by Crippen LogP contribution is -2.16. The van der Waals surface area contributed by atoms with Crippen LogP contribution in [-0.2, 0) is 6.42 Å². The minimum absolute atomic E-state index is 0.0563. The van der Waals surface area contributed by atoms with Gasteiger partial charge in [0, 0.05) is 11.6 Å². The molecule has 0 aliphatic rings. The number of fused-ring (bicyclic) bond motifs is 1. The van der Waals surface area contributed by atoms with Gasteiger partial charge in [-0.3, -0.25) is 4.79 Å². The van der Waals surface area contributed by atoms with Crippen molar-refractivity contribution in [1.29, 1.82) is 0 Å². The average Bonchev–Trinajstić information content (AvgIpc) is 2.52. The van der Waals surface area contributed by atoms with Gasteiger partial charge in [0.1, 0.15) is 11.4 Å². The zero-order valence-corrected chi connectivity index (χ0v) is 12.1. The third-order valence-corrected chi connectivity index (χ3v) is 3.62. The van der Waals surface area contributed by atoms with Crippen LogP contribution < -0.4 is 5.43 Å². The van der Waals surface area contributed by atoms with E-state index in [2.05, 4.69) is 4.98 Å². The third kappa shape index (κ3) is 2.76. The molecule has 24 heavy (non-hydrogen) atoms. The molecule has 0 unspecified atom stereocenters. The monoisotopic (exact) mass is 333 g/mol. The number of aromatic carboxylic acids is 1. The fourth-order valence-corrected chi connectivity index (χ4v) is 2.49. The van der Waals surface area contributed by atoms with Crippen molar-refractivity contribution in [3.05, 3.63) is 80.9 Å². The van der Waals surface area contributed by atoms with Crippen LogP contribution in [0.2, 0.25) is 0 Å². The largest absolute Gasteiger partial charge is 0.477 e. The Morgan fingerprint density at radius 2 is 1.71 bits per heavy atom. The number of nitrogens with one attached hydrogen (secondary N) is 1. The summed E-state index contributed by atoms with van der Waals surface area (Å²) < 4.78 is 40.4. The topological polar surface area (TPSA) is 70.2 Å². The van der Waals surface area contributed by atoms with E-state index in [1.807, 2.05) is 0 Å². The minimum Gasteiger partial charge on any atom is -0.477 e. The Morgan fingerprint density at radius 3 is 2.38 bits per heavy atom. The van der Waals surface area contributed by atoms with Gasteiger partial charge >= 0.3 is 5.97 Å². The van der Waals surface area contributed by atoms with Crippen LogP contribution in [0, 0.1) is 17.5 Å². The number of aromatic amines is 1. The number of carboxylic acids is 1. The van der Waals surface area contributed by atoms with Crippen LogP contribution in [0.5, 0.6) is 0 Å². The van der Waals surface area contributed by atoms with Gasteiger partial charge in [-0.05, 0) is 41.8 Å². The smallest absolute Gasteiger partial charge is 0.341 e. The lowest BCUT2D eigenvalue weighted by atomic mass is 10.0. The van der Waals surface area contributed by atoms with Gasteiger partial charge in [0.2, 0.25) is 5.43 Å². The van der Waals surface area contributed by atoms with E-state index in [-0.39, 0.29) is 17.3 Å². The fourth-order valence-electron chi connectivity index (χ4n) is 2.49. The van der Waals surface area contributed by atoms with Gasteiger partial charge in [-0.2, -0.15) is 0 Å². The Kier molecular flexibility index (Phi) is 3.84. The lowest BCUT2D eigenvalue weighted by Gasteiger charge is -2.07. The number of H-pyrrole nitrogens is 1. The fraction of sp³-hybridized carbons (Fsp3) is 0.0588. The van der Waals surface area contributed by atoms with E-state index in [0.717, 1.165) is 24.4 Å². The minimum atomic E-state index is -1.43. The second-order valence-corrected chi connectivity index (χ2v) is 5.26. The van der Waals surface area contributed by atoms with Crippen molar-refractivity contribution >= 4 is 16.9 Å². The number of aromatic nitrogens is 1. The molecule has 2 N–H and O–H groups in total. The molecule has 1 aromatic heterocycles. The van der Waals surface area contributed by atoms with Crippen molar-refractivity contribution in [3.63, 3.8) is 0 Å². The summed E-state index contributed by atoms with van der Waals surface area (Å²) in [6.07, 6.45) is 0.992. The first-order valence-corrected chi connectivity index (χ1v) is 6.88. The standard InChI is InChI=1S/C17H10F3NO3/c18-12-2-1-8(5-13(12)19)3-9-4-10-15(14(20)6-9)21-7-11(16(10)22)17(23)24/h1-2,4-7H,3H2,(H,21,22)(H,23,24). The third-order valence-electron chi connectivity index (χ3n) is 3.62. The molecule has 0 amide bonds. The van der Waals surface area contributed by atoms with E-state index in [1.165, 1.54) is 12.1 Å². The maximum atomic E-state index is 14.2. The van der Waals surface area contributed by atoms with Crippen molar-refractivity contribution in [1.82, 2.24) is 4.98 Å². The number of benzene rings is 2. The van der Waals surface area contributed by atoms with Crippen molar-refractivity contribution in [3.8, 4) is 0 Å². The van der Waals surface area contributed by atoms with Gasteiger partial charge in [-0.15, -0.1) is 0 Å². The highest BCUT2D eigenvalue weighted by atomic mass is 19.2. The van der Waals surface area contributed by atoms with E-state index in [1.54, 1.807) is 0 Å². The summed E-state index contributed by atoms with van der Waals surface area (Å²) in [6.45, 7) is 0. The van der Waals surface area contributed by atoms with Gasteiger partial charge in [0.15, 0.2) is 11.6 Å². The molecule has 0 aliphatic carbocycles.